The molecule has 0 radical (unpaired) electrons. The Kier molecular flexibility index (Phi) is 34.9. The van der Waals surface area contributed by atoms with E-state index in [1.807, 2.05) is 33.3 Å². The number of aliphatic hydroxyl groups excluding tert-OH is 2. The van der Waals surface area contributed by atoms with Crippen LogP contribution in [0.5, 0.6) is 0 Å². The van der Waals surface area contributed by atoms with E-state index in [1.165, 1.54) is 96.3 Å². The van der Waals surface area contributed by atoms with Gasteiger partial charge in [0, 0.05) is 31.1 Å². The van der Waals surface area contributed by atoms with Gasteiger partial charge in [0.05, 0.1) is 40.0 Å². The second-order valence-corrected chi connectivity index (χ2v) is 20.4. The summed E-state index contributed by atoms with van der Waals surface area (Å²) >= 11 is 0. The van der Waals surface area contributed by atoms with Crippen LogP contribution in [0.4, 0.5) is 0 Å². The van der Waals surface area contributed by atoms with Gasteiger partial charge in [0.25, 0.3) is 7.82 Å². The third-order valence-corrected chi connectivity index (χ3v) is 12.8. The Morgan fingerprint density at radius 2 is 1.27 bits per heavy atom. The van der Waals surface area contributed by atoms with Gasteiger partial charge >= 0.3 is 11.9 Å². The Labute approximate surface area is 383 Å². The molecule has 0 bridgehead atoms. The van der Waals surface area contributed by atoms with Crippen LogP contribution < -0.4 is 4.89 Å². The van der Waals surface area contributed by atoms with Crippen molar-refractivity contribution in [2.24, 2.45) is 11.8 Å². The molecule has 0 amide bonds. The van der Waals surface area contributed by atoms with Crippen LogP contribution in [0.25, 0.3) is 0 Å². The van der Waals surface area contributed by atoms with Gasteiger partial charge in [0.2, 0.25) is 0 Å². The topological polar surface area (TPSA) is 169 Å². The smallest absolute Gasteiger partial charge is 0.306 e. The highest BCUT2D eigenvalue weighted by molar-refractivity contribution is 7.45. The van der Waals surface area contributed by atoms with Gasteiger partial charge in [-0.1, -0.05) is 173 Å². The van der Waals surface area contributed by atoms with Gasteiger partial charge in [-0.05, 0) is 32.1 Å². The Hall–Kier alpha value is -1.92. The molecule has 0 aromatic rings. The van der Waals surface area contributed by atoms with Crippen molar-refractivity contribution >= 4 is 25.5 Å². The standard InChI is InChI=1S/C50H92NO11P/c1-6-8-10-11-12-13-14-15-16-17-18-19-20-21-22-23-24-25-31-35-50(56)62-44(42-61-63(57,58)60-39-38-51(3,4)5)41-59-49(55)34-30-27-26-29-33-45-46(48(54)40-47(45)53)37-36-43(52)32-28-9-7-2/h26,29,36-37,43-47,52-53H,6-25,27-28,30-35,38-42H2,1-5H3/b29-26-,37-36+/t43-,44+,45+,46+,47-/m0/s1. The average Bonchev–Trinajstić information content (AvgIpc) is 3.50. The Bertz CT molecular complexity index is 1290. The summed E-state index contributed by atoms with van der Waals surface area (Å²) in [7, 11) is 1.03. The molecule has 1 rings (SSSR count). The van der Waals surface area contributed by atoms with Crippen molar-refractivity contribution in [1.82, 2.24) is 0 Å². The van der Waals surface area contributed by atoms with E-state index in [0.717, 1.165) is 38.5 Å². The summed E-state index contributed by atoms with van der Waals surface area (Å²) in [4.78, 5) is 50.4. The first-order chi connectivity index (χ1) is 30.2. The molecule has 63 heavy (non-hydrogen) atoms. The number of quaternary nitrogens is 1. The fourth-order valence-corrected chi connectivity index (χ4v) is 8.54. The molecule has 0 aliphatic heterocycles. The van der Waals surface area contributed by atoms with E-state index in [1.54, 1.807) is 12.2 Å². The number of rotatable bonds is 42. The molecule has 1 saturated carbocycles. The zero-order chi connectivity index (χ0) is 46.6. The average molecular weight is 914 g/mol. The van der Waals surface area contributed by atoms with Gasteiger partial charge in [-0.2, -0.15) is 0 Å². The maximum atomic E-state index is 12.8. The van der Waals surface area contributed by atoms with Crippen molar-refractivity contribution in [2.45, 2.75) is 218 Å². The van der Waals surface area contributed by atoms with E-state index in [-0.39, 0.29) is 44.2 Å². The normalized spacial score (nSPS) is 18.9. The van der Waals surface area contributed by atoms with Crippen LogP contribution in [0.15, 0.2) is 24.3 Å². The molecule has 2 N–H and O–H groups in total. The number of allylic oxidation sites excluding steroid dienone is 3. The number of aliphatic hydroxyl groups is 2. The number of phosphoric ester groups is 1. The molecule has 0 spiro atoms. The van der Waals surface area contributed by atoms with Crippen LogP contribution in [0.3, 0.4) is 0 Å². The van der Waals surface area contributed by atoms with Gasteiger partial charge in [-0.15, -0.1) is 0 Å². The molecule has 6 atom stereocenters. The zero-order valence-electron chi connectivity index (χ0n) is 40.5. The lowest BCUT2D eigenvalue weighted by atomic mass is 9.90. The van der Waals surface area contributed by atoms with Crippen LogP contribution in [0, 0.1) is 11.8 Å². The lowest BCUT2D eigenvalue weighted by Crippen LogP contribution is -2.37. The van der Waals surface area contributed by atoms with Gasteiger partial charge in [-0.25, -0.2) is 0 Å². The van der Waals surface area contributed by atoms with Gasteiger partial charge in [-0.3, -0.25) is 18.9 Å². The lowest BCUT2D eigenvalue weighted by molar-refractivity contribution is -0.870. The molecule has 12 nitrogen and oxygen atoms in total. The summed E-state index contributed by atoms with van der Waals surface area (Å²) in [5.41, 5.74) is 0. The van der Waals surface area contributed by atoms with Crippen LogP contribution >= 0.6 is 7.82 Å². The second kappa shape index (κ2) is 37.2. The molecule has 13 heteroatoms. The monoisotopic (exact) mass is 914 g/mol. The van der Waals surface area contributed by atoms with Gasteiger partial charge < -0.3 is 38.1 Å². The van der Waals surface area contributed by atoms with E-state index in [9.17, 15) is 34.1 Å². The van der Waals surface area contributed by atoms with Crippen LogP contribution in [0.1, 0.15) is 200 Å². The predicted octanol–water partition coefficient (Wildman–Crippen LogP) is 10.7. The summed E-state index contributed by atoms with van der Waals surface area (Å²) in [5, 5.41) is 20.8. The third-order valence-electron chi connectivity index (χ3n) is 11.9. The first-order valence-electron chi connectivity index (χ1n) is 25.1. The van der Waals surface area contributed by atoms with E-state index < -0.39 is 50.6 Å². The maximum Gasteiger partial charge on any atom is 0.306 e. The van der Waals surface area contributed by atoms with Crippen molar-refractivity contribution in [2.75, 3.05) is 47.5 Å². The number of carbonyl (C=O) groups is 3. The fourth-order valence-electron chi connectivity index (χ4n) is 7.81. The summed E-state index contributed by atoms with van der Waals surface area (Å²) in [6.45, 7) is 3.85. The van der Waals surface area contributed by atoms with E-state index in [4.69, 9.17) is 18.5 Å². The quantitative estimate of drug-likeness (QED) is 0.0197. The molecule has 1 aliphatic rings. The molecule has 1 fully saturated rings. The number of ether oxygens (including phenoxy) is 2. The van der Waals surface area contributed by atoms with E-state index in [2.05, 4.69) is 13.8 Å². The number of esters is 2. The number of ketones is 1. The third kappa shape index (κ3) is 34.1. The van der Waals surface area contributed by atoms with Crippen molar-refractivity contribution < 1.29 is 57.1 Å². The molecule has 1 aliphatic carbocycles. The number of unbranched alkanes of at least 4 members (excludes halogenated alkanes) is 21. The van der Waals surface area contributed by atoms with E-state index >= 15 is 0 Å². The first-order valence-corrected chi connectivity index (χ1v) is 26.6. The summed E-state index contributed by atoms with van der Waals surface area (Å²) in [5.74, 6) is -1.76. The predicted molar refractivity (Wildman–Crippen MR) is 251 cm³/mol. The summed E-state index contributed by atoms with van der Waals surface area (Å²) in [6.07, 6.45) is 34.3. The fraction of sp³-hybridized carbons (Fsp3) is 0.860. The molecule has 0 aromatic carbocycles. The maximum absolute atomic E-state index is 12.8. The number of carbonyl (C=O) groups excluding carboxylic acids is 3. The van der Waals surface area contributed by atoms with Crippen molar-refractivity contribution in [3.63, 3.8) is 0 Å². The van der Waals surface area contributed by atoms with Crippen LogP contribution in [-0.2, 0) is 37.5 Å². The molecule has 0 aromatic heterocycles. The number of Topliss-reactive ketones (excluding diaryl/α,β-unsaturated/α-hetero) is 1. The van der Waals surface area contributed by atoms with E-state index in [0.29, 0.717) is 43.1 Å². The van der Waals surface area contributed by atoms with Gasteiger partial charge in [0.15, 0.2) is 6.10 Å². The van der Waals surface area contributed by atoms with Crippen molar-refractivity contribution in [1.29, 1.82) is 0 Å². The Balaban J connectivity index is 2.41. The molecule has 1 unspecified atom stereocenters. The first kappa shape index (κ1) is 59.1. The number of phosphoric acid groups is 1. The molecule has 0 saturated heterocycles. The highest BCUT2D eigenvalue weighted by Crippen LogP contribution is 2.38. The van der Waals surface area contributed by atoms with Crippen molar-refractivity contribution in [3.05, 3.63) is 24.3 Å². The minimum absolute atomic E-state index is 0.0266. The number of likely N-dealkylation sites (N-methyl/N-ethyl adjacent to an activating group) is 1. The minimum Gasteiger partial charge on any atom is -0.756 e. The van der Waals surface area contributed by atoms with Crippen LogP contribution in [-0.4, -0.2) is 98.2 Å². The summed E-state index contributed by atoms with van der Waals surface area (Å²) < 4.78 is 33.9. The highest BCUT2D eigenvalue weighted by Gasteiger charge is 2.39. The Morgan fingerprint density at radius 3 is 1.83 bits per heavy atom. The minimum atomic E-state index is -4.69. The largest absolute Gasteiger partial charge is 0.756 e. The second-order valence-electron chi connectivity index (χ2n) is 19.0. The number of nitrogens with zero attached hydrogens (tertiary/aromatic N) is 1. The summed E-state index contributed by atoms with van der Waals surface area (Å²) in [6, 6.07) is 0. The lowest BCUT2D eigenvalue weighted by Gasteiger charge is -2.28. The Morgan fingerprint density at radius 1 is 0.746 bits per heavy atom. The zero-order valence-corrected chi connectivity index (χ0v) is 41.4. The SMILES string of the molecule is CCCCCCCCCCCCCCCCCCCCCC(=O)O[C@H](COC(=O)CCC/C=C\C[C@H]1[C@@H](O)CC(=O)[C@@H]1/C=C/[C@@H](O)CCCCC)COP(=O)([O-])OCC[N+](C)(C)C. The molecular formula is C50H92NO11P. The highest BCUT2D eigenvalue weighted by atomic mass is 31.2. The molecular weight excluding hydrogens is 822 g/mol. The van der Waals surface area contributed by atoms with Crippen molar-refractivity contribution in [3.8, 4) is 0 Å². The van der Waals surface area contributed by atoms with Gasteiger partial charge in [0.1, 0.15) is 25.5 Å². The van der Waals surface area contributed by atoms with Crippen LogP contribution in [0.2, 0.25) is 0 Å². The molecule has 368 valence electrons. The number of hydrogen-bond acceptors (Lipinski definition) is 11. The molecule has 0 heterocycles. The number of hydrogen-bond donors (Lipinski definition) is 2.